The van der Waals surface area contributed by atoms with Crippen LogP contribution in [-0.2, 0) is 13.0 Å². The van der Waals surface area contributed by atoms with Crippen molar-refractivity contribution in [3.05, 3.63) is 63.1 Å². The van der Waals surface area contributed by atoms with Crippen molar-refractivity contribution in [2.45, 2.75) is 25.9 Å². The van der Waals surface area contributed by atoms with Gasteiger partial charge in [-0.25, -0.2) is 0 Å². The Morgan fingerprint density at radius 2 is 2.00 bits per heavy atom. The molecule has 21 heavy (non-hydrogen) atoms. The molecule has 1 aliphatic heterocycles. The number of hydrogen-bond donors (Lipinski definition) is 1. The van der Waals surface area contributed by atoms with E-state index in [1.807, 2.05) is 30.3 Å². The van der Waals surface area contributed by atoms with Gasteiger partial charge >= 0.3 is 0 Å². The zero-order chi connectivity index (χ0) is 15.0. The molecule has 0 aromatic heterocycles. The second-order valence-corrected chi connectivity index (χ2v) is 6.39. The molecule has 2 nitrogen and oxygen atoms in total. The summed E-state index contributed by atoms with van der Waals surface area (Å²) in [5.41, 5.74) is 10.7. The molecule has 1 aliphatic rings. The van der Waals surface area contributed by atoms with Crippen molar-refractivity contribution in [2.24, 2.45) is 0 Å². The molecule has 0 spiro atoms. The molecule has 4 heteroatoms. The highest BCUT2D eigenvalue weighted by Crippen LogP contribution is 2.34. The summed E-state index contributed by atoms with van der Waals surface area (Å²) in [6.45, 7) is 4.02. The minimum absolute atomic E-state index is 0.212. The van der Waals surface area contributed by atoms with Crippen molar-refractivity contribution >= 4 is 28.9 Å². The summed E-state index contributed by atoms with van der Waals surface area (Å²) in [6.07, 6.45) is 1.02. The third-order valence-corrected chi connectivity index (χ3v) is 4.87. The van der Waals surface area contributed by atoms with Crippen molar-refractivity contribution in [3.63, 3.8) is 0 Å². The lowest BCUT2D eigenvalue weighted by Crippen LogP contribution is -2.33. The molecule has 1 unspecified atom stereocenters. The molecule has 2 aromatic carbocycles. The number of anilines is 1. The molecule has 0 saturated carbocycles. The smallest absolute Gasteiger partial charge is 0.0454 e. The first-order valence-corrected chi connectivity index (χ1v) is 7.87. The fourth-order valence-electron chi connectivity index (χ4n) is 2.99. The number of nitrogen functional groups attached to an aromatic ring is 1. The third-order valence-electron chi connectivity index (χ3n) is 4.29. The normalized spacial score (nSPS) is 16.5. The fourth-order valence-corrected chi connectivity index (χ4v) is 3.45. The Kier molecular flexibility index (Phi) is 4.12. The maximum absolute atomic E-state index is 6.33. The number of halogens is 2. The average molecular weight is 321 g/mol. The van der Waals surface area contributed by atoms with Crippen molar-refractivity contribution < 1.29 is 0 Å². The Morgan fingerprint density at radius 3 is 2.81 bits per heavy atom. The largest absolute Gasteiger partial charge is 0.398 e. The Morgan fingerprint density at radius 1 is 1.19 bits per heavy atom. The van der Waals surface area contributed by atoms with E-state index >= 15 is 0 Å². The predicted octanol–water partition coefficient (Wildman–Crippen LogP) is 4.69. The minimum atomic E-state index is 0.212. The molecule has 0 saturated heterocycles. The van der Waals surface area contributed by atoms with E-state index in [-0.39, 0.29) is 6.04 Å². The zero-order valence-corrected chi connectivity index (χ0v) is 13.5. The summed E-state index contributed by atoms with van der Waals surface area (Å²) in [6, 6.07) is 12.0. The van der Waals surface area contributed by atoms with E-state index in [1.54, 1.807) is 0 Å². The number of nitrogens with two attached hydrogens (primary N) is 1. The topological polar surface area (TPSA) is 29.3 Å². The molecule has 2 N–H and O–H groups in total. The van der Waals surface area contributed by atoms with Crippen molar-refractivity contribution in [3.8, 4) is 0 Å². The van der Waals surface area contributed by atoms with Gasteiger partial charge in [-0.3, -0.25) is 4.90 Å². The van der Waals surface area contributed by atoms with Crippen molar-refractivity contribution in [1.82, 2.24) is 4.90 Å². The Hall–Kier alpha value is -1.22. The van der Waals surface area contributed by atoms with E-state index < -0.39 is 0 Å². The van der Waals surface area contributed by atoms with Gasteiger partial charge in [0.25, 0.3) is 0 Å². The lowest BCUT2D eigenvalue weighted by atomic mass is 9.95. The van der Waals surface area contributed by atoms with Crippen LogP contribution in [0.1, 0.15) is 29.7 Å². The van der Waals surface area contributed by atoms with Crippen molar-refractivity contribution in [1.29, 1.82) is 0 Å². The highest BCUT2D eigenvalue weighted by atomic mass is 35.5. The van der Waals surface area contributed by atoms with E-state index in [0.717, 1.165) is 40.8 Å². The Bertz CT molecular complexity index is 670. The lowest BCUT2D eigenvalue weighted by molar-refractivity contribution is 0.193. The van der Waals surface area contributed by atoms with Crippen LogP contribution in [0, 0.1) is 0 Å². The highest BCUT2D eigenvalue weighted by Gasteiger charge is 2.24. The first-order valence-electron chi connectivity index (χ1n) is 7.11. The van der Waals surface area contributed by atoms with Crippen LogP contribution < -0.4 is 5.73 Å². The quantitative estimate of drug-likeness (QED) is 0.813. The maximum Gasteiger partial charge on any atom is 0.0454 e. The minimum Gasteiger partial charge on any atom is -0.398 e. The van der Waals surface area contributed by atoms with E-state index in [2.05, 4.69) is 17.9 Å². The van der Waals surface area contributed by atoms with Crippen molar-refractivity contribution in [2.75, 3.05) is 12.3 Å². The molecule has 0 amide bonds. The van der Waals surface area contributed by atoms with Crippen LogP contribution in [0.15, 0.2) is 36.4 Å². The van der Waals surface area contributed by atoms with E-state index in [9.17, 15) is 0 Å². The van der Waals surface area contributed by atoms with Crippen LogP contribution >= 0.6 is 23.2 Å². The van der Waals surface area contributed by atoms with Crippen LogP contribution in [0.3, 0.4) is 0 Å². The van der Waals surface area contributed by atoms with E-state index in [0.29, 0.717) is 0 Å². The van der Waals surface area contributed by atoms with Gasteiger partial charge in [-0.15, -0.1) is 0 Å². The van der Waals surface area contributed by atoms with Gasteiger partial charge in [-0.2, -0.15) is 0 Å². The summed E-state index contributed by atoms with van der Waals surface area (Å²) in [5.74, 6) is 0. The van der Waals surface area contributed by atoms with Crippen LogP contribution in [-0.4, -0.2) is 11.4 Å². The van der Waals surface area contributed by atoms with Crippen LogP contribution in [0.2, 0.25) is 10.0 Å². The number of fused-ring (bicyclic) bond motifs is 1. The monoisotopic (exact) mass is 320 g/mol. The summed E-state index contributed by atoms with van der Waals surface area (Å²) < 4.78 is 0. The van der Waals surface area contributed by atoms with Gasteiger partial charge in [-0.1, -0.05) is 35.3 Å². The van der Waals surface area contributed by atoms with Crippen LogP contribution in [0.5, 0.6) is 0 Å². The molecular weight excluding hydrogens is 303 g/mol. The number of rotatable bonds is 2. The molecule has 0 radical (unpaired) electrons. The first-order chi connectivity index (χ1) is 10.1. The molecule has 1 atom stereocenters. The number of hydrogen-bond acceptors (Lipinski definition) is 2. The van der Waals surface area contributed by atoms with Crippen LogP contribution in [0.25, 0.3) is 0 Å². The molecular formula is C17H18Cl2N2. The Labute approximate surface area is 135 Å². The molecule has 0 fully saturated rings. The van der Waals surface area contributed by atoms with E-state index in [1.165, 1.54) is 11.1 Å². The number of nitrogens with zero attached hydrogens (tertiary/aromatic N) is 1. The van der Waals surface area contributed by atoms with Crippen LogP contribution in [0.4, 0.5) is 5.69 Å². The Balaban J connectivity index is 1.89. The summed E-state index contributed by atoms with van der Waals surface area (Å²) in [4.78, 5) is 2.40. The van der Waals surface area contributed by atoms with Gasteiger partial charge < -0.3 is 5.73 Å². The number of benzene rings is 2. The SMILES string of the molecule is CC(c1cc(Cl)ccc1Cl)N1CCc2cccc(N)c2C1. The van der Waals surface area contributed by atoms with Gasteiger partial charge in [0, 0.05) is 34.9 Å². The molecule has 1 heterocycles. The van der Waals surface area contributed by atoms with Gasteiger partial charge in [0.15, 0.2) is 0 Å². The molecule has 2 aromatic rings. The second kappa shape index (κ2) is 5.88. The summed E-state index contributed by atoms with van der Waals surface area (Å²) in [7, 11) is 0. The second-order valence-electron chi connectivity index (χ2n) is 5.55. The molecule has 0 bridgehead atoms. The third kappa shape index (κ3) is 2.89. The molecule has 110 valence electrons. The first kappa shape index (κ1) is 14.7. The van der Waals surface area contributed by atoms with Gasteiger partial charge in [0.1, 0.15) is 0 Å². The van der Waals surface area contributed by atoms with Gasteiger partial charge in [0.05, 0.1) is 0 Å². The fraction of sp³-hybridized carbons (Fsp3) is 0.294. The predicted molar refractivity (Wildman–Crippen MR) is 89.8 cm³/mol. The summed E-state index contributed by atoms with van der Waals surface area (Å²) >= 11 is 12.4. The highest BCUT2D eigenvalue weighted by molar-refractivity contribution is 6.33. The average Bonchev–Trinajstić information content (AvgIpc) is 2.49. The zero-order valence-electron chi connectivity index (χ0n) is 11.9. The maximum atomic E-state index is 6.33. The van der Waals surface area contributed by atoms with E-state index in [4.69, 9.17) is 28.9 Å². The molecule has 3 rings (SSSR count). The van der Waals surface area contributed by atoms with Gasteiger partial charge in [0.2, 0.25) is 0 Å². The molecule has 0 aliphatic carbocycles. The van der Waals surface area contributed by atoms with Gasteiger partial charge in [-0.05, 0) is 54.3 Å². The summed E-state index contributed by atoms with van der Waals surface area (Å²) in [5, 5.41) is 1.48. The lowest BCUT2D eigenvalue weighted by Gasteiger charge is -2.35. The standard InChI is InChI=1S/C17H18Cl2N2/c1-11(14-9-13(18)5-6-16(14)19)21-8-7-12-3-2-4-17(20)15(12)10-21/h2-6,9,11H,7-8,10,20H2,1H3.